The molecule has 5 aliphatic rings. The summed E-state index contributed by atoms with van der Waals surface area (Å²) in [4.78, 5) is 20.6. The van der Waals surface area contributed by atoms with E-state index in [1.807, 2.05) is 23.1 Å². The lowest BCUT2D eigenvalue weighted by Crippen LogP contribution is -2.35. The number of carbonyl (C=O) groups excluding carboxylic acids is 1. The van der Waals surface area contributed by atoms with Gasteiger partial charge in [-0.05, 0) is 129 Å². The lowest BCUT2D eigenvalue weighted by atomic mass is 9.86. The summed E-state index contributed by atoms with van der Waals surface area (Å²) in [6, 6.07) is 20.7. The molecule has 5 aliphatic heterocycles. The predicted molar refractivity (Wildman–Crippen MR) is 200 cm³/mol. The third-order valence-corrected chi connectivity index (χ3v) is 11.6. The SMILES string of the molecule is COc1cc2c3cc1Oc1c(OC)c(CO)cc4c1[C@H](Cc1ccc(cc1)Oc1cc(ccc1C(=O)N1CCCCC1)C[C@H]3N(C)CC2)N(C)CC4. The molecule has 2 atom stereocenters. The summed E-state index contributed by atoms with van der Waals surface area (Å²) in [6.45, 7) is 3.17. The lowest BCUT2D eigenvalue weighted by Gasteiger charge is -2.37. The fourth-order valence-corrected chi connectivity index (χ4v) is 8.65. The highest BCUT2D eigenvalue weighted by atomic mass is 16.5. The first-order valence-electron chi connectivity index (χ1n) is 18.7. The van der Waals surface area contributed by atoms with Crippen LogP contribution >= 0.6 is 0 Å². The number of benzene rings is 4. The molecule has 4 aromatic rings. The number of fused-ring (bicyclic) bond motifs is 2. The van der Waals surface area contributed by atoms with Crippen LogP contribution in [0.2, 0.25) is 0 Å². The molecule has 52 heavy (non-hydrogen) atoms. The van der Waals surface area contributed by atoms with Gasteiger partial charge in [0.25, 0.3) is 5.91 Å². The van der Waals surface area contributed by atoms with Crippen molar-refractivity contribution in [1.82, 2.24) is 14.7 Å². The number of aliphatic hydroxyl groups excluding tert-OH is 1. The van der Waals surface area contributed by atoms with Crippen molar-refractivity contribution in [2.75, 3.05) is 54.5 Å². The third kappa shape index (κ3) is 6.39. The molecule has 1 N–H and O–H groups in total. The van der Waals surface area contributed by atoms with E-state index in [9.17, 15) is 9.90 Å². The minimum Gasteiger partial charge on any atom is -0.493 e. The number of carbonyl (C=O) groups is 1. The fraction of sp³-hybridized carbons (Fsp3) is 0.419. The highest BCUT2D eigenvalue weighted by Crippen LogP contribution is 2.50. The smallest absolute Gasteiger partial charge is 0.257 e. The minimum atomic E-state index is -0.159. The summed E-state index contributed by atoms with van der Waals surface area (Å²) in [5.74, 6) is 3.76. The van der Waals surface area contributed by atoms with E-state index >= 15 is 0 Å². The van der Waals surface area contributed by atoms with E-state index < -0.39 is 0 Å². The fourth-order valence-electron chi connectivity index (χ4n) is 8.65. The van der Waals surface area contributed by atoms with Gasteiger partial charge in [0.1, 0.15) is 11.5 Å². The average Bonchev–Trinajstić information content (AvgIpc) is 3.17. The van der Waals surface area contributed by atoms with Crippen LogP contribution in [0.1, 0.15) is 80.6 Å². The molecular weight excluding hydrogens is 654 g/mol. The van der Waals surface area contributed by atoms with Crippen molar-refractivity contribution in [1.29, 1.82) is 0 Å². The molecule has 0 spiro atoms. The Bertz CT molecular complexity index is 1970. The zero-order valence-electron chi connectivity index (χ0n) is 30.7. The maximum atomic E-state index is 13.9. The second-order valence-electron chi connectivity index (χ2n) is 14.8. The monoisotopic (exact) mass is 703 g/mol. The van der Waals surface area contributed by atoms with Gasteiger partial charge in [-0.1, -0.05) is 18.2 Å². The Balaban J connectivity index is 1.30. The van der Waals surface area contributed by atoms with Crippen LogP contribution in [0.3, 0.4) is 0 Å². The highest BCUT2D eigenvalue weighted by Gasteiger charge is 2.34. The molecule has 5 heterocycles. The number of likely N-dealkylation sites (N-methyl/N-ethyl adjacent to an activating group) is 2. The van der Waals surface area contributed by atoms with Gasteiger partial charge in [-0.3, -0.25) is 14.6 Å². The Morgan fingerprint density at radius 2 is 1.48 bits per heavy atom. The molecule has 0 radical (unpaired) electrons. The maximum Gasteiger partial charge on any atom is 0.257 e. The van der Waals surface area contributed by atoms with Crippen LogP contribution in [0, 0.1) is 0 Å². The van der Waals surface area contributed by atoms with Gasteiger partial charge in [-0.15, -0.1) is 0 Å². The highest BCUT2D eigenvalue weighted by molar-refractivity contribution is 5.97. The molecule has 9 rings (SSSR count). The summed E-state index contributed by atoms with van der Waals surface area (Å²) >= 11 is 0. The summed E-state index contributed by atoms with van der Waals surface area (Å²) in [6.07, 6.45) is 6.38. The van der Waals surface area contributed by atoms with Crippen molar-refractivity contribution in [3.63, 3.8) is 0 Å². The second-order valence-corrected chi connectivity index (χ2v) is 14.8. The van der Waals surface area contributed by atoms with Crippen molar-refractivity contribution < 1.29 is 28.8 Å². The zero-order chi connectivity index (χ0) is 35.9. The summed E-state index contributed by atoms with van der Waals surface area (Å²) in [5.41, 5.74) is 8.15. The van der Waals surface area contributed by atoms with E-state index in [4.69, 9.17) is 18.9 Å². The van der Waals surface area contributed by atoms with Gasteiger partial charge in [-0.25, -0.2) is 0 Å². The van der Waals surface area contributed by atoms with Gasteiger partial charge in [0.2, 0.25) is 0 Å². The van der Waals surface area contributed by atoms with Gasteiger partial charge >= 0.3 is 0 Å². The molecule has 1 saturated heterocycles. The van der Waals surface area contributed by atoms with Gasteiger partial charge in [0.15, 0.2) is 23.0 Å². The molecule has 1 fully saturated rings. The number of nitrogens with zero attached hydrogens (tertiary/aromatic N) is 3. The van der Waals surface area contributed by atoms with E-state index in [1.54, 1.807) is 14.2 Å². The second kappa shape index (κ2) is 14.5. The topological polar surface area (TPSA) is 83.9 Å². The largest absolute Gasteiger partial charge is 0.493 e. The number of aliphatic hydroxyl groups is 1. The number of rotatable bonds is 4. The van der Waals surface area contributed by atoms with Crippen LogP contribution in [0.15, 0.2) is 60.7 Å². The molecule has 272 valence electrons. The number of hydrogen-bond donors (Lipinski definition) is 1. The Morgan fingerprint density at radius 3 is 2.21 bits per heavy atom. The number of ether oxygens (including phenoxy) is 4. The number of amides is 1. The molecule has 9 nitrogen and oxygen atoms in total. The minimum absolute atomic E-state index is 0.0148. The first-order chi connectivity index (χ1) is 25.3. The van der Waals surface area contributed by atoms with Gasteiger partial charge in [-0.2, -0.15) is 0 Å². The van der Waals surface area contributed by atoms with Crippen molar-refractivity contribution in [3.8, 4) is 34.5 Å². The van der Waals surface area contributed by atoms with E-state index in [-0.39, 0.29) is 24.6 Å². The van der Waals surface area contributed by atoms with Crippen LogP contribution in [-0.2, 0) is 32.3 Å². The number of likely N-dealkylation sites (tertiary alicyclic amines) is 1. The Morgan fingerprint density at radius 1 is 0.769 bits per heavy atom. The van der Waals surface area contributed by atoms with Crippen molar-refractivity contribution in [2.24, 2.45) is 0 Å². The molecule has 6 bridgehead atoms. The summed E-state index contributed by atoms with van der Waals surface area (Å²) in [5, 5.41) is 10.5. The van der Waals surface area contributed by atoms with Crippen LogP contribution in [0.5, 0.6) is 34.5 Å². The Hall–Kier alpha value is -4.57. The third-order valence-electron chi connectivity index (χ3n) is 11.6. The van der Waals surface area contributed by atoms with E-state index in [1.165, 1.54) is 11.1 Å². The number of hydrogen-bond acceptors (Lipinski definition) is 8. The van der Waals surface area contributed by atoms with Crippen molar-refractivity contribution in [2.45, 2.75) is 63.6 Å². The molecule has 0 aromatic heterocycles. The number of piperidine rings is 1. The van der Waals surface area contributed by atoms with Gasteiger partial charge in [0.05, 0.1) is 26.4 Å². The van der Waals surface area contributed by atoms with Crippen LogP contribution in [0.4, 0.5) is 0 Å². The average molecular weight is 704 g/mol. The van der Waals surface area contributed by atoms with Gasteiger partial charge in [0, 0.05) is 49.4 Å². The first kappa shape index (κ1) is 34.5. The summed E-state index contributed by atoms with van der Waals surface area (Å²) < 4.78 is 25.7. The Labute approximate surface area is 306 Å². The molecule has 0 unspecified atom stereocenters. The Kier molecular flexibility index (Phi) is 9.59. The van der Waals surface area contributed by atoms with E-state index in [2.05, 4.69) is 66.4 Å². The van der Waals surface area contributed by atoms with Crippen LogP contribution in [0.25, 0.3) is 0 Å². The predicted octanol–water partition coefficient (Wildman–Crippen LogP) is 7.26. The number of methoxy groups -OCH3 is 2. The molecule has 0 aliphatic carbocycles. The standard InChI is InChI=1S/C43H49N3O6/c1-44-18-14-29-24-38(49-3)39-25-34(29)35(44)21-28-10-13-33(43(48)46-16-6-5-7-17-46)37(22-28)51-32-11-8-27(9-12-32)20-36-40-30(15-19-45(36)2)23-31(26-47)41(50-4)42(40)52-39/h8-13,22-25,35-36,47H,5-7,14-21,26H2,1-4H3/t35-,36+/m1/s1. The van der Waals surface area contributed by atoms with E-state index in [0.717, 1.165) is 87.0 Å². The maximum absolute atomic E-state index is 13.9. The summed E-state index contributed by atoms with van der Waals surface area (Å²) in [7, 11) is 7.65. The molecule has 4 aromatic carbocycles. The quantitative estimate of drug-likeness (QED) is 0.238. The van der Waals surface area contributed by atoms with Crippen LogP contribution < -0.4 is 18.9 Å². The zero-order valence-corrected chi connectivity index (χ0v) is 30.7. The molecule has 1 amide bonds. The molecular formula is C43H49N3O6. The first-order valence-corrected chi connectivity index (χ1v) is 18.7. The lowest BCUT2D eigenvalue weighted by molar-refractivity contribution is 0.0721. The van der Waals surface area contributed by atoms with Crippen molar-refractivity contribution >= 4 is 5.91 Å². The van der Waals surface area contributed by atoms with Crippen LogP contribution in [-0.4, -0.2) is 80.2 Å². The normalized spacial score (nSPS) is 20.2. The van der Waals surface area contributed by atoms with E-state index in [0.29, 0.717) is 52.0 Å². The van der Waals surface area contributed by atoms with Gasteiger partial charge < -0.3 is 29.0 Å². The van der Waals surface area contributed by atoms with Crippen molar-refractivity contribution in [3.05, 3.63) is 105 Å². The molecule has 0 saturated carbocycles. The molecule has 9 heteroatoms.